The Morgan fingerprint density at radius 2 is 1.82 bits per heavy atom. The molecular formula is C25H16N4O3S. The van der Waals surface area contributed by atoms with Crippen LogP contribution < -0.4 is 10.3 Å². The Morgan fingerprint density at radius 1 is 1.00 bits per heavy atom. The average molecular weight is 452 g/mol. The van der Waals surface area contributed by atoms with Crippen molar-refractivity contribution in [1.29, 1.82) is 0 Å². The van der Waals surface area contributed by atoms with E-state index in [1.807, 2.05) is 48.5 Å². The first-order valence-electron chi connectivity index (χ1n) is 10.2. The summed E-state index contributed by atoms with van der Waals surface area (Å²) in [7, 11) is 1.59. The zero-order chi connectivity index (χ0) is 22.4. The summed E-state index contributed by atoms with van der Waals surface area (Å²) in [5, 5.41) is 9.41. The SMILES string of the molecule is COc1ccc(-n2nnc3c(sc4nc(-c5ccccc5)cc(-c5ccco5)c43)c2=O)cc1. The maximum atomic E-state index is 13.4. The minimum absolute atomic E-state index is 0.250. The number of fused-ring (bicyclic) bond motifs is 3. The van der Waals surface area contributed by atoms with Gasteiger partial charge in [0.15, 0.2) is 0 Å². The number of hydrogen-bond donors (Lipinski definition) is 0. The Hall–Kier alpha value is -4.30. The van der Waals surface area contributed by atoms with E-state index in [0.717, 1.165) is 22.2 Å². The van der Waals surface area contributed by atoms with Crippen LogP contribution in [0.4, 0.5) is 0 Å². The molecule has 0 spiro atoms. The third kappa shape index (κ3) is 3.19. The van der Waals surface area contributed by atoms with Gasteiger partial charge in [-0.25, -0.2) is 4.98 Å². The third-order valence-corrected chi connectivity index (χ3v) is 6.49. The maximum absolute atomic E-state index is 13.4. The van der Waals surface area contributed by atoms with Gasteiger partial charge >= 0.3 is 0 Å². The Kier molecular flexibility index (Phi) is 4.51. The minimum atomic E-state index is -0.250. The summed E-state index contributed by atoms with van der Waals surface area (Å²) in [5.41, 5.74) is 3.47. The van der Waals surface area contributed by atoms with Crippen LogP contribution in [0, 0.1) is 0 Å². The van der Waals surface area contributed by atoms with Crippen molar-refractivity contribution in [2.24, 2.45) is 0 Å². The number of furan rings is 1. The predicted octanol–water partition coefficient (Wildman–Crippen LogP) is 5.33. The van der Waals surface area contributed by atoms with Crippen molar-refractivity contribution in [2.75, 3.05) is 7.11 Å². The maximum Gasteiger partial charge on any atom is 0.292 e. The molecule has 0 fully saturated rings. The van der Waals surface area contributed by atoms with Gasteiger partial charge in [-0.3, -0.25) is 4.79 Å². The Morgan fingerprint density at radius 3 is 2.55 bits per heavy atom. The second-order valence-corrected chi connectivity index (χ2v) is 8.36. The smallest absolute Gasteiger partial charge is 0.292 e. The molecule has 0 aliphatic heterocycles. The van der Waals surface area contributed by atoms with Crippen LogP contribution in [0.15, 0.2) is 88.3 Å². The van der Waals surface area contributed by atoms with Gasteiger partial charge in [0.25, 0.3) is 5.56 Å². The summed E-state index contributed by atoms with van der Waals surface area (Å²) >= 11 is 1.31. The van der Waals surface area contributed by atoms with Crippen LogP contribution in [0.5, 0.6) is 5.75 Å². The molecule has 0 aliphatic rings. The molecule has 0 atom stereocenters. The highest BCUT2D eigenvalue weighted by Gasteiger charge is 2.20. The largest absolute Gasteiger partial charge is 0.497 e. The van der Waals surface area contributed by atoms with E-state index in [1.165, 1.54) is 16.0 Å². The zero-order valence-electron chi connectivity index (χ0n) is 17.4. The summed E-state index contributed by atoms with van der Waals surface area (Å²) < 4.78 is 12.7. The summed E-state index contributed by atoms with van der Waals surface area (Å²) in [6.45, 7) is 0. The fourth-order valence-electron chi connectivity index (χ4n) is 3.82. The van der Waals surface area contributed by atoms with Crippen molar-refractivity contribution >= 4 is 31.8 Å². The summed E-state index contributed by atoms with van der Waals surface area (Å²) in [4.78, 5) is 19.0. The Labute approximate surface area is 191 Å². The molecule has 0 unspecified atom stereocenters. The van der Waals surface area contributed by atoms with Crippen LogP contribution in [0.2, 0.25) is 0 Å². The van der Waals surface area contributed by atoms with E-state index in [-0.39, 0.29) is 5.56 Å². The first-order chi connectivity index (χ1) is 16.2. The molecule has 2 aromatic carbocycles. The molecule has 7 nitrogen and oxygen atoms in total. The second kappa shape index (κ2) is 7.68. The van der Waals surface area contributed by atoms with Crippen molar-refractivity contribution in [3.8, 4) is 34.0 Å². The fraction of sp³-hybridized carbons (Fsp3) is 0.0400. The highest BCUT2D eigenvalue weighted by atomic mass is 32.1. The molecule has 0 amide bonds. The average Bonchev–Trinajstić information content (AvgIpc) is 3.53. The number of pyridine rings is 1. The number of rotatable bonds is 4. The van der Waals surface area contributed by atoms with Crippen LogP contribution in [0.1, 0.15) is 0 Å². The molecule has 0 radical (unpaired) electrons. The van der Waals surface area contributed by atoms with E-state index in [2.05, 4.69) is 10.3 Å². The molecule has 4 heterocycles. The number of hydrogen-bond acceptors (Lipinski definition) is 7. The molecule has 0 saturated carbocycles. The standard InChI is InChI=1S/C25H16N4O3S/c1-31-17-11-9-16(10-12-17)29-25(30)23-22(27-28-29)21-18(20-8-5-13-32-20)14-19(26-24(21)33-23)15-6-3-2-4-7-15/h2-14H,1H3. The summed E-state index contributed by atoms with van der Waals surface area (Å²) in [6, 6.07) is 22.7. The van der Waals surface area contributed by atoms with Crippen molar-refractivity contribution in [2.45, 2.75) is 0 Å². The molecule has 6 rings (SSSR count). The number of ether oxygens (including phenoxy) is 1. The molecule has 0 N–H and O–H groups in total. The van der Waals surface area contributed by atoms with E-state index < -0.39 is 0 Å². The fourth-order valence-corrected chi connectivity index (χ4v) is 4.88. The van der Waals surface area contributed by atoms with Crippen molar-refractivity contribution in [3.05, 3.63) is 89.4 Å². The van der Waals surface area contributed by atoms with Gasteiger partial charge < -0.3 is 9.15 Å². The van der Waals surface area contributed by atoms with E-state index in [9.17, 15) is 4.79 Å². The Balaban J connectivity index is 1.63. The van der Waals surface area contributed by atoms with Crippen LogP contribution in [-0.2, 0) is 0 Å². The second-order valence-electron chi connectivity index (χ2n) is 7.36. The first kappa shape index (κ1) is 19.4. The number of benzene rings is 2. The van der Waals surface area contributed by atoms with Crippen LogP contribution in [0.25, 0.3) is 48.7 Å². The lowest BCUT2D eigenvalue weighted by molar-refractivity contribution is 0.414. The molecule has 160 valence electrons. The van der Waals surface area contributed by atoms with Gasteiger partial charge in [0.1, 0.15) is 26.6 Å². The van der Waals surface area contributed by atoms with Crippen molar-refractivity contribution < 1.29 is 9.15 Å². The molecule has 33 heavy (non-hydrogen) atoms. The molecule has 0 bridgehead atoms. The lowest BCUT2D eigenvalue weighted by atomic mass is 10.0. The number of aromatic nitrogens is 4. The van der Waals surface area contributed by atoms with E-state index in [0.29, 0.717) is 32.2 Å². The first-order valence-corrected chi connectivity index (χ1v) is 11.0. The van der Waals surface area contributed by atoms with Gasteiger partial charge in [-0.2, -0.15) is 4.68 Å². The molecular weight excluding hydrogens is 436 g/mol. The minimum Gasteiger partial charge on any atom is -0.497 e. The van der Waals surface area contributed by atoms with E-state index >= 15 is 0 Å². The number of nitrogens with zero attached hydrogens (tertiary/aromatic N) is 4. The van der Waals surface area contributed by atoms with Gasteiger partial charge in [-0.1, -0.05) is 35.5 Å². The summed E-state index contributed by atoms with van der Waals surface area (Å²) in [6.07, 6.45) is 1.63. The molecule has 0 saturated heterocycles. The van der Waals surface area contributed by atoms with Gasteiger partial charge in [-0.15, -0.1) is 16.4 Å². The lowest BCUT2D eigenvalue weighted by Gasteiger charge is -2.06. The quantitative estimate of drug-likeness (QED) is 0.360. The van der Waals surface area contributed by atoms with Crippen LogP contribution in [0.3, 0.4) is 0 Å². The highest BCUT2D eigenvalue weighted by Crippen LogP contribution is 2.39. The highest BCUT2D eigenvalue weighted by molar-refractivity contribution is 7.25. The lowest BCUT2D eigenvalue weighted by Crippen LogP contribution is -2.21. The van der Waals surface area contributed by atoms with Crippen LogP contribution >= 0.6 is 11.3 Å². The molecule has 8 heteroatoms. The molecule has 4 aromatic heterocycles. The zero-order valence-corrected chi connectivity index (χ0v) is 18.2. The normalized spacial score (nSPS) is 11.3. The van der Waals surface area contributed by atoms with E-state index in [4.69, 9.17) is 14.1 Å². The van der Waals surface area contributed by atoms with Gasteiger partial charge in [-0.05, 0) is 42.5 Å². The third-order valence-electron chi connectivity index (χ3n) is 5.43. The van der Waals surface area contributed by atoms with Crippen molar-refractivity contribution in [3.63, 3.8) is 0 Å². The summed E-state index contributed by atoms with van der Waals surface area (Å²) in [5.74, 6) is 1.38. The number of methoxy groups -OCH3 is 1. The molecule has 6 aromatic rings. The number of thiophene rings is 1. The van der Waals surface area contributed by atoms with Gasteiger partial charge in [0, 0.05) is 11.1 Å². The Bertz CT molecular complexity index is 1650. The van der Waals surface area contributed by atoms with Crippen molar-refractivity contribution in [1.82, 2.24) is 20.0 Å². The van der Waals surface area contributed by atoms with E-state index in [1.54, 1.807) is 37.6 Å². The monoisotopic (exact) mass is 452 g/mol. The van der Waals surface area contributed by atoms with Gasteiger partial charge in [0.05, 0.1) is 30.1 Å². The van der Waals surface area contributed by atoms with Crippen LogP contribution in [-0.4, -0.2) is 27.1 Å². The molecule has 0 aliphatic carbocycles. The topological polar surface area (TPSA) is 83.0 Å². The van der Waals surface area contributed by atoms with Gasteiger partial charge in [0.2, 0.25) is 0 Å². The predicted molar refractivity (Wildman–Crippen MR) is 128 cm³/mol.